The lowest BCUT2D eigenvalue weighted by molar-refractivity contribution is -0.659. The topological polar surface area (TPSA) is 13.1 Å². The molecule has 170 valence electrons. The van der Waals surface area contributed by atoms with Crippen LogP contribution in [0, 0.1) is 19.3 Å². The minimum Gasteiger partial charge on any atom is -0.449 e. The minimum atomic E-state index is -1.45. The number of aromatic nitrogens is 1. The number of nitrogens with zero attached hydrogens (tertiary/aromatic N) is 1. The summed E-state index contributed by atoms with van der Waals surface area (Å²) in [5.74, 6) is 2.01. The van der Waals surface area contributed by atoms with E-state index in [4.69, 9.17) is 4.74 Å². The van der Waals surface area contributed by atoms with Crippen molar-refractivity contribution in [3.8, 4) is 22.8 Å². The van der Waals surface area contributed by atoms with E-state index in [1.165, 1.54) is 54.7 Å². The van der Waals surface area contributed by atoms with Crippen molar-refractivity contribution in [2.24, 2.45) is 12.5 Å². The van der Waals surface area contributed by atoms with Crippen molar-refractivity contribution < 1.29 is 9.30 Å². The standard InChI is InChI=1S/C30H36NOSi/c1-18-12-22-13-20(16-30(3,4)5)14-25-27(22)26(19(18)2)28-29(32-25)24-15-23(33(7,8)9)11-10-21(24)17-31(28)6/h10-15,17H,16H2,1-9H3/q+1. The molecule has 0 bridgehead atoms. The maximum absolute atomic E-state index is 6.86. The molecule has 0 atom stereocenters. The lowest BCUT2D eigenvalue weighted by atomic mass is 9.85. The van der Waals surface area contributed by atoms with Crippen molar-refractivity contribution in [1.29, 1.82) is 0 Å². The van der Waals surface area contributed by atoms with E-state index in [1.54, 1.807) is 0 Å². The van der Waals surface area contributed by atoms with Gasteiger partial charge in [-0.05, 0) is 59.9 Å². The van der Waals surface area contributed by atoms with Gasteiger partial charge in [-0.3, -0.25) is 0 Å². The molecular formula is C30H36NOSi+. The molecule has 3 heteroatoms. The summed E-state index contributed by atoms with van der Waals surface area (Å²) in [6, 6.07) is 14.0. The zero-order valence-corrected chi connectivity index (χ0v) is 22.6. The fraction of sp³-hybridized carbons (Fsp3) is 0.367. The van der Waals surface area contributed by atoms with Crippen molar-refractivity contribution in [3.05, 3.63) is 59.3 Å². The normalized spacial score (nSPS) is 13.4. The van der Waals surface area contributed by atoms with E-state index < -0.39 is 8.07 Å². The van der Waals surface area contributed by atoms with E-state index in [2.05, 4.69) is 108 Å². The fourth-order valence-corrected chi connectivity index (χ4v) is 6.45. The lowest BCUT2D eigenvalue weighted by Gasteiger charge is -2.25. The number of ether oxygens (including phenoxy) is 1. The van der Waals surface area contributed by atoms with E-state index in [0.717, 1.165) is 17.9 Å². The van der Waals surface area contributed by atoms with Gasteiger partial charge < -0.3 is 4.74 Å². The molecule has 0 amide bonds. The van der Waals surface area contributed by atoms with Crippen LogP contribution in [-0.4, -0.2) is 8.07 Å². The predicted octanol–water partition coefficient (Wildman–Crippen LogP) is 7.34. The maximum atomic E-state index is 6.86. The number of benzene rings is 3. The summed E-state index contributed by atoms with van der Waals surface area (Å²) >= 11 is 0. The third-order valence-corrected chi connectivity index (χ3v) is 9.07. The molecule has 1 aliphatic heterocycles. The number of rotatable bonds is 2. The van der Waals surface area contributed by atoms with Gasteiger partial charge in [-0.1, -0.05) is 69.9 Å². The van der Waals surface area contributed by atoms with Gasteiger partial charge in [0, 0.05) is 16.2 Å². The smallest absolute Gasteiger partial charge is 0.257 e. The van der Waals surface area contributed by atoms with Crippen molar-refractivity contribution in [2.45, 2.75) is 60.7 Å². The number of pyridine rings is 1. The Morgan fingerprint density at radius 3 is 2.33 bits per heavy atom. The quantitative estimate of drug-likeness (QED) is 0.201. The Hall–Kier alpha value is -2.65. The van der Waals surface area contributed by atoms with Crippen LogP contribution in [0.2, 0.25) is 19.6 Å². The van der Waals surface area contributed by atoms with Gasteiger partial charge in [0.2, 0.25) is 5.75 Å². The summed E-state index contributed by atoms with van der Waals surface area (Å²) in [5, 5.41) is 6.46. The van der Waals surface area contributed by atoms with Crippen LogP contribution in [0.5, 0.6) is 11.5 Å². The van der Waals surface area contributed by atoms with E-state index >= 15 is 0 Å². The highest BCUT2D eigenvalue weighted by Crippen LogP contribution is 2.50. The molecule has 0 fully saturated rings. The molecule has 0 spiro atoms. The molecule has 1 aliphatic rings. The Labute approximate surface area is 199 Å². The van der Waals surface area contributed by atoms with Gasteiger partial charge in [0.05, 0.1) is 13.6 Å². The summed E-state index contributed by atoms with van der Waals surface area (Å²) in [6.07, 6.45) is 3.29. The third-order valence-electron chi connectivity index (χ3n) is 7.03. The Morgan fingerprint density at radius 1 is 0.939 bits per heavy atom. The van der Waals surface area contributed by atoms with Crippen LogP contribution >= 0.6 is 0 Å². The van der Waals surface area contributed by atoms with E-state index in [1.807, 2.05) is 0 Å². The van der Waals surface area contributed by atoms with Gasteiger partial charge in [-0.2, -0.15) is 4.57 Å². The Bertz CT molecular complexity index is 1450. The summed E-state index contributed by atoms with van der Waals surface area (Å²) in [6.45, 7) is 18.6. The number of fused-ring (bicyclic) bond motifs is 4. The Balaban J connectivity index is 1.88. The van der Waals surface area contributed by atoms with Gasteiger partial charge in [0.25, 0.3) is 5.69 Å². The van der Waals surface area contributed by atoms with Gasteiger partial charge in [0.15, 0.2) is 6.20 Å². The molecule has 0 saturated heterocycles. The molecule has 5 rings (SSSR count). The van der Waals surface area contributed by atoms with E-state index in [-0.39, 0.29) is 5.41 Å². The van der Waals surface area contributed by atoms with Crippen LogP contribution in [0.1, 0.15) is 37.5 Å². The molecule has 0 radical (unpaired) electrons. The highest BCUT2D eigenvalue weighted by molar-refractivity contribution is 6.88. The van der Waals surface area contributed by atoms with Crippen molar-refractivity contribution in [1.82, 2.24) is 0 Å². The average Bonchev–Trinajstić information content (AvgIpc) is 2.68. The lowest BCUT2D eigenvalue weighted by Crippen LogP contribution is -2.38. The van der Waals surface area contributed by atoms with Crippen molar-refractivity contribution in [3.63, 3.8) is 0 Å². The maximum Gasteiger partial charge on any atom is 0.257 e. The van der Waals surface area contributed by atoms with Crippen LogP contribution in [-0.2, 0) is 13.5 Å². The summed E-state index contributed by atoms with van der Waals surface area (Å²) in [5.41, 5.74) is 6.76. The Kier molecular flexibility index (Phi) is 4.81. The van der Waals surface area contributed by atoms with E-state index in [0.29, 0.717) is 0 Å². The summed E-state index contributed by atoms with van der Waals surface area (Å²) in [4.78, 5) is 0. The Morgan fingerprint density at radius 2 is 1.67 bits per heavy atom. The summed E-state index contributed by atoms with van der Waals surface area (Å²) in [7, 11) is 0.706. The molecular weight excluding hydrogens is 418 g/mol. The minimum absolute atomic E-state index is 0.223. The third kappa shape index (κ3) is 3.67. The molecule has 0 unspecified atom stereocenters. The van der Waals surface area contributed by atoms with Crippen LogP contribution < -0.4 is 14.5 Å². The SMILES string of the molecule is Cc1cc2cc(CC(C)(C)C)cc3c2c(c1C)-c1c(c2cc([Si](C)(C)C)ccc2c[n+]1C)O3. The van der Waals surface area contributed by atoms with Crippen LogP contribution in [0.15, 0.2) is 42.6 Å². The zero-order valence-electron chi connectivity index (χ0n) is 21.6. The first kappa shape index (κ1) is 22.2. The van der Waals surface area contributed by atoms with Crippen molar-refractivity contribution in [2.75, 3.05) is 0 Å². The van der Waals surface area contributed by atoms with Gasteiger partial charge in [-0.25, -0.2) is 0 Å². The monoisotopic (exact) mass is 454 g/mol. The second-order valence-electron chi connectivity index (χ2n) is 12.2. The van der Waals surface area contributed by atoms with Gasteiger partial charge >= 0.3 is 0 Å². The molecule has 4 aromatic rings. The van der Waals surface area contributed by atoms with Gasteiger partial charge in [0.1, 0.15) is 12.8 Å². The second-order valence-corrected chi connectivity index (χ2v) is 17.3. The molecule has 0 N–H and O–H groups in total. The largest absolute Gasteiger partial charge is 0.449 e. The number of hydrogen-bond donors (Lipinski definition) is 0. The number of hydrogen-bond acceptors (Lipinski definition) is 1. The summed E-state index contributed by atoms with van der Waals surface area (Å²) < 4.78 is 9.12. The zero-order chi connectivity index (χ0) is 23.9. The highest BCUT2D eigenvalue weighted by Gasteiger charge is 2.33. The fourth-order valence-electron chi connectivity index (χ4n) is 5.29. The molecule has 2 heterocycles. The number of aryl methyl sites for hydroxylation is 2. The molecule has 3 aromatic carbocycles. The second kappa shape index (κ2) is 7.17. The van der Waals surface area contributed by atoms with Crippen LogP contribution in [0.3, 0.4) is 0 Å². The molecule has 0 aliphatic carbocycles. The van der Waals surface area contributed by atoms with Crippen LogP contribution in [0.25, 0.3) is 32.8 Å². The first-order chi connectivity index (χ1) is 15.3. The molecule has 0 saturated carbocycles. The van der Waals surface area contributed by atoms with Crippen LogP contribution in [0.4, 0.5) is 0 Å². The van der Waals surface area contributed by atoms with Gasteiger partial charge in [-0.15, -0.1) is 0 Å². The average molecular weight is 455 g/mol. The first-order valence-corrected chi connectivity index (χ1v) is 15.6. The predicted molar refractivity (Wildman–Crippen MR) is 144 cm³/mol. The molecule has 33 heavy (non-hydrogen) atoms. The highest BCUT2D eigenvalue weighted by atomic mass is 28.3. The van der Waals surface area contributed by atoms with Crippen molar-refractivity contribution >= 4 is 34.8 Å². The van der Waals surface area contributed by atoms with E-state index in [9.17, 15) is 0 Å². The first-order valence-electron chi connectivity index (χ1n) is 12.1. The molecule has 2 nitrogen and oxygen atoms in total. The molecule has 1 aromatic heterocycles.